The smallest absolute Gasteiger partial charge is 0.337 e. The van der Waals surface area contributed by atoms with Crippen LogP contribution in [0, 0.1) is 34.3 Å². The van der Waals surface area contributed by atoms with Gasteiger partial charge in [0.1, 0.15) is 20.5 Å². The van der Waals surface area contributed by atoms with Crippen LogP contribution >= 0.6 is 0 Å². The number of hydrogen-bond acceptors (Lipinski definition) is 5. The summed E-state index contributed by atoms with van der Waals surface area (Å²) in [6.07, 6.45) is 1.58. The van der Waals surface area contributed by atoms with Crippen molar-refractivity contribution in [2.24, 2.45) is 10.6 Å². The summed E-state index contributed by atoms with van der Waals surface area (Å²) in [4.78, 5) is 17.3. The molecular formula is C29H39F3N2O4Si2. The number of carbonyl (C=O) groups is 1. The first-order valence-corrected chi connectivity index (χ1v) is 19.3. The van der Waals surface area contributed by atoms with Crippen molar-refractivity contribution in [3.8, 4) is 11.5 Å². The average molecular weight is 593 g/mol. The van der Waals surface area contributed by atoms with E-state index in [4.69, 9.17) is 9.26 Å². The number of rotatable bonds is 10. The molecule has 0 aromatic heterocycles. The summed E-state index contributed by atoms with van der Waals surface area (Å²) in [7, 11) is -3.12. The van der Waals surface area contributed by atoms with Crippen LogP contribution in [0.5, 0.6) is 0 Å². The highest BCUT2D eigenvalue weighted by Crippen LogP contribution is 2.32. The number of hydrogen-bond donors (Lipinski definition) is 2. The van der Waals surface area contributed by atoms with E-state index in [-0.39, 0.29) is 17.7 Å². The second-order valence-electron chi connectivity index (χ2n) is 12.5. The third kappa shape index (κ3) is 10.2. The number of aromatic carboxylic acids is 1. The molecule has 0 amide bonds. The van der Waals surface area contributed by atoms with E-state index >= 15 is 4.39 Å². The van der Waals surface area contributed by atoms with Gasteiger partial charge in [-0.05, 0) is 56.1 Å². The molecule has 0 radical (unpaired) electrons. The van der Waals surface area contributed by atoms with Crippen LogP contribution in [0.2, 0.25) is 32.7 Å². The molecule has 0 heterocycles. The van der Waals surface area contributed by atoms with Crippen LogP contribution < -0.4 is 5.32 Å². The summed E-state index contributed by atoms with van der Waals surface area (Å²) in [6, 6.07) is 4.88. The van der Waals surface area contributed by atoms with E-state index in [2.05, 4.69) is 42.7 Å². The number of benzene rings is 2. The van der Waals surface area contributed by atoms with Crippen molar-refractivity contribution in [2.45, 2.75) is 72.5 Å². The zero-order valence-corrected chi connectivity index (χ0v) is 26.8. The summed E-state index contributed by atoms with van der Waals surface area (Å²) in [5, 5.41) is 15.8. The summed E-state index contributed by atoms with van der Waals surface area (Å²) in [5.41, 5.74) is 0.863. The fraction of sp³-hybridized carbons (Fsp3) is 0.448. The molecule has 0 fully saturated rings. The van der Waals surface area contributed by atoms with Crippen LogP contribution in [0.3, 0.4) is 0 Å². The van der Waals surface area contributed by atoms with Crippen LogP contribution in [0.25, 0.3) is 0 Å². The molecule has 2 aromatic rings. The van der Waals surface area contributed by atoms with Crippen molar-refractivity contribution in [2.75, 3.05) is 11.9 Å². The normalized spacial score (nSPS) is 13.6. The molecule has 6 nitrogen and oxygen atoms in total. The summed E-state index contributed by atoms with van der Waals surface area (Å²) in [6.45, 7) is 18.4. The number of nitrogens with zero attached hydrogens (tertiary/aromatic N) is 1. The van der Waals surface area contributed by atoms with Gasteiger partial charge in [0.25, 0.3) is 0 Å². The van der Waals surface area contributed by atoms with Crippen LogP contribution in [-0.2, 0) is 9.26 Å². The van der Waals surface area contributed by atoms with Crippen molar-refractivity contribution in [3.63, 3.8) is 0 Å². The largest absolute Gasteiger partial charge is 0.478 e. The first-order chi connectivity index (χ1) is 18.3. The van der Waals surface area contributed by atoms with Crippen LogP contribution in [0.4, 0.5) is 24.5 Å². The standard InChI is InChI=1S/C29H39F3N2O4Si2/c1-28(2,3)17-29(4,38-39(5)6)18-37-33-16-20-15-21(27(35)36)26(25(32)24(20)31)34-23-11-10-19(14-22(23)30)12-13-40(7,8)9/h10-11,14-16,34,39H,17-18H2,1-9H3,(H,35,36). The third-order valence-corrected chi connectivity index (χ3v) is 7.25. The van der Waals surface area contributed by atoms with E-state index in [1.165, 1.54) is 12.1 Å². The molecule has 11 heteroatoms. The quantitative estimate of drug-likeness (QED) is 0.131. The number of anilines is 2. The minimum Gasteiger partial charge on any atom is -0.478 e. The molecule has 0 spiro atoms. The van der Waals surface area contributed by atoms with E-state index < -0.39 is 63.0 Å². The van der Waals surface area contributed by atoms with Gasteiger partial charge in [-0.15, -0.1) is 5.54 Å². The fourth-order valence-corrected chi connectivity index (χ4v) is 6.01. The molecule has 40 heavy (non-hydrogen) atoms. The Hall–Kier alpha value is -3.08. The molecule has 1 atom stereocenters. The first-order valence-electron chi connectivity index (χ1n) is 13.0. The average Bonchev–Trinajstić information content (AvgIpc) is 2.78. The van der Waals surface area contributed by atoms with Gasteiger partial charge in [0, 0.05) is 11.1 Å². The maximum Gasteiger partial charge on any atom is 0.337 e. The van der Waals surface area contributed by atoms with Gasteiger partial charge in [-0.25, -0.2) is 18.0 Å². The van der Waals surface area contributed by atoms with Gasteiger partial charge in [0.2, 0.25) is 0 Å². The van der Waals surface area contributed by atoms with Gasteiger partial charge < -0.3 is 19.7 Å². The van der Waals surface area contributed by atoms with Gasteiger partial charge in [-0.1, -0.05) is 51.5 Å². The number of halogens is 3. The number of nitrogens with one attached hydrogen (secondary N) is 1. The predicted octanol–water partition coefficient (Wildman–Crippen LogP) is 7.32. The second kappa shape index (κ2) is 13.1. The molecule has 0 bridgehead atoms. The molecule has 2 aromatic carbocycles. The highest BCUT2D eigenvalue weighted by molar-refractivity contribution is 6.83. The van der Waals surface area contributed by atoms with Crippen molar-refractivity contribution in [1.82, 2.24) is 0 Å². The SMILES string of the molecule is C[SiH](C)OC(C)(CON=Cc1cc(C(=O)O)c(Nc2ccc(C#C[Si](C)(C)C)cc2F)c(F)c1F)CC(C)(C)C. The molecule has 0 aliphatic carbocycles. The Labute approximate surface area is 237 Å². The Morgan fingerprint density at radius 2 is 1.77 bits per heavy atom. The highest BCUT2D eigenvalue weighted by Gasteiger charge is 2.33. The molecule has 2 rings (SSSR count). The lowest BCUT2D eigenvalue weighted by molar-refractivity contribution is -0.0380. The fourth-order valence-electron chi connectivity index (χ4n) is 4.20. The van der Waals surface area contributed by atoms with Gasteiger partial charge in [0.15, 0.2) is 20.7 Å². The van der Waals surface area contributed by atoms with E-state index in [0.717, 1.165) is 18.3 Å². The van der Waals surface area contributed by atoms with Crippen molar-refractivity contribution < 1.29 is 32.3 Å². The van der Waals surface area contributed by atoms with E-state index in [1.54, 1.807) is 0 Å². The molecule has 0 saturated carbocycles. The van der Waals surface area contributed by atoms with Gasteiger partial charge in [-0.3, -0.25) is 0 Å². The molecule has 0 saturated heterocycles. The number of carboxylic acids is 1. The molecule has 0 aliphatic rings. The van der Waals surface area contributed by atoms with Gasteiger partial charge in [-0.2, -0.15) is 0 Å². The van der Waals surface area contributed by atoms with E-state index in [1.807, 2.05) is 39.7 Å². The Kier molecular flexibility index (Phi) is 10.8. The maximum atomic E-state index is 15.1. The Morgan fingerprint density at radius 1 is 1.12 bits per heavy atom. The first kappa shape index (κ1) is 33.1. The molecule has 0 aliphatic heterocycles. The third-order valence-electron chi connectivity index (χ3n) is 5.34. The lowest BCUT2D eigenvalue weighted by Crippen LogP contribution is -2.41. The number of carboxylic acid groups (broad SMARTS) is 1. The van der Waals surface area contributed by atoms with Gasteiger partial charge >= 0.3 is 5.97 Å². The van der Waals surface area contributed by atoms with E-state index in [0.29, 0.717) is 12.0 Å². The monoisotopic (exact) mass is 592 g/mol. The highest BCUT2D eigenvalue weighted by atomic mass is 28.3. The minimum absolute atomic E-state index is 0.0548. The van der Waals surface area contributed by atoms with Crippen LogP contribution in [0.1, 0.15) is 55.6 Å². The summed E-state index contributed by atoms with van der Waals surface area (Å²) < 4.78 is 51.0. The topological polar surface area (TPSA) is 80.2 Å². The molecule has 2 N–H and O–H groups in total. The molecular weight excluding hydrogens is 553 g/mol. The second-order valence-corrected chi connectivity index (χ2v) is 19.6. The Bertz CT molecular complexity index is 1330. The van der Waals surface area contributed by atoms with Crippen molar-refractivity contribution in [3.05, 3.63) is 58.4 Å². The van der Waals surface area contributed by atoms with Crippen molar-refractivity contribution >= 4 is 40.7 Å². The zero-order valence-electron chi connectivity index (χ0n) is 24.6. The lowest BCUT2D eigenvalue weighted by atomic mass is 9.83. The molecule has 218 valence electrons. The van der Waals surface area contributed by atoms with E-state index in [9.17, 15) is 18.7 Å². The van der Waals surface area contributed by atoms with Crippen LogP contribution in [0.15, 0.2) is 29.4 Å². The Balaban J connectivity index is 2.33. The lowest BCUT2D eigenvalue weighted by Gasteiger charge is -2.36. The van der Waals surface area contributed by atoms with Crippen LogP contribution in [-0.4, -0.2) is 46.6 Å². The Morgan fingerprint density at radius 3 is 2.30 bits per heavy atom. The number of oxime groups is 1. The van der Waals surface area contributed by atoms with Crippen molar-refractivity contribution in [1.29, 1.82) is 0 Å². The minimum atomic E-state index is -1.69. The summed E-state index contributed by atoms with van der Waals surface area (Å²) >= 11 is 0. The maximum absolute atomic E-state index is 15.1. The summed E-state index contributed by atoms with van der Waals surface area (Å²) in [5.74, 6) is -2.27. The van der Waals surface area contributed by atoms with Gasteiger partial charge in [0.05, 0.1) is 28.8 Å². The predicted molar refractivity (Wildman–Crippen MR) is 159 cm³/mol. The zero-order chi connectivity index (χ0) is 30.5. The molecule has 1 unspecified atom stereocenters.